The van der Waals surface area contributed by atoms with Gasteiger partial charge in [-0.15, -0.1) is 10.2 Å². The molecule has 0 radical (unpaired) electrons. The van der Waals surface area contributed by atoms with E-state index < -0.39 is 0 Å². The molecule has 0 saturated heterocycles. The lowest BCUT2D eigenvalue weighted by atomic mass is 9.96. The summed E-state index contributed by atoms with van der Waals surface area (Å²) in [7, 11) is 1.73. The Bertz CT molecular complexity index is 420. The van der Waals surface area contributed by atoms with Crippen LogP contribution in [0.1, 0.15) is 37.8 Å². The van der Waals surface area contributed by atoms with Gasteiger partial charge in [0.05, 0.1) is 0 Å². The van der Waals surface area contributed by atoms with Gasteiger partial charge in [0.1, 0.15) is 5.69 Å². The first-order valence-corrected chi connectivity index (χ1v) is 5.85. The lowest BCUT2D eigenvalue weighted by Crippen LogP contribution is -2.30. The third-order valence-corrected chi connectivity index (χ3v) is 3.16. The summed E-state index contributed by atoms with van der Waals surface area (Å²) >= 11 is 0. The van der Waals surface area contributed by atoms with Crippen molar-refractivity contribution in [3.05, 3.63) is 16.0 Å². The van der Waals surface area contributed by atoms with Crippen molar-refractivity contribution in [3.63, 3.8) is 0 Å². The fraction of sp³-hybridized carbons (Fsp3) is 0.727. The smallest absolute Gasteiger partial charge is 0.276 e. The minimum absolute atomic E-state index is 0.0756. The SMILES string of the molecule is Cc1nnc(NC2CCCCC2)n(C)c1=O. The molecule has 1 aromatic rings. The highest BCUT2D eigenvalue weighted by atomic mass is 16.1. The van der Waals surface area contributed by atoms with Crippen LogP contribution in [0.15, 0.2) is 4.79 Å². The molecule has 0 atom stereocenters. The number of anilines is 1. The molecule has 0 unspecified atom stereocenters. The highest BCUT2D eigenvalue weighted by Crippen LogP contribution is 2.19. The third-order valence-electron chi connectivity index (χ3n) is 3.16. The third kappa shape index (κ3) is 2.23. The monoisotopic (exact) mass is 222 g/mol. The van der Waals surface area contributed by atoms with Crippen LogP contribution in [0.4, 0.5) is 5.95 Å². The molecule has 1 aliphatic rings. The summed E-state index contributed by atoms with van der Waals surface area (Å²) in [6.45, 7) is 1.68. The molecule has 1 fully saturated rings. The van der Waals surface area contributed by atoms with E-state index in [1.165, 1.54) is 23.8 Å². The van der Waals surface area contributed by atoms with E-state index in [4.69, 9.17) is 0 Å². The first-order valence-electron chi connectivity index (χ1n) is 5.85. The van der Waals surface area contributed by atoms with Crippen LogP contribution in [-0.2, 0) is 7.05 Å². The Hall–Kier alpha value is -1.39. The molecule has 5 heteroatoms. The van der Waals surface area contributed by atoms with E-state index in [1.807, 2.05) is 0 Å². The molecule has 88 valence electrons. The van der Waals surface area contributed by atoms with E-state index in [1.54, 1.807) is 14.0 Å². The van der Waals surface area contributed by atoms with Gasteiger partial charge in [0, 0.05) is 13.1 Å². The normalized spacial score (nSPS) is 17.4. The van der Waals surface area contributed by atoms with Crippen LogP contribution in [0.2, 0.25) is 0 Å². The van der Waals surface area contributed by atoms with E-state index >= 15 is 0 Å². The standard InChI is InChI=1S/C11H18N4O/c1-8-10(16)15(2)11(14-13-8)12-9-6-4-3-5-7-9/h9H,3-7H2,1-2H3,(H,12,14). The highest BCUT2D eigenvalue weighted by Gasteiger charge is 2.15. The van der Waals surface area contributed by atoms with Gasteiger partial charge in [-0.2, -0.15) is 0 Å². The van der Waals surface area contributed by atoms with Crippen LogP contribution in [-0.4, -0.2) is 20.8 Å². The molecule has 1 heterocycles. The van der Waals surface area contributed by atoms with E-state index in [2.05, 4.69) is 15.5 Å². The quantitative estimate of drug-likeness (QED) is 0.817. The zero-order valence-corrected chi connectivity index (χ0v) is 9.86. The Kier molecular flexibility index (Phi) is 3.22. The van der Waals surface area contributed by atoms with Crippen molar-refractivity contribution in [2.24, 2.45) is 7.05 Å². The maximum absolute atomic E-state index is 11.7. The van der Waals surface area contributed by atoms with Crippen LogP contribution in [0, 0.1) is 6.92 Å². The molecule has 0 aliphatic heterocycles. The minimum Gasteiger partial charge on any atom is -0.352 e. The summed E-state index contributed by atoms with van der Waals surface area (Å²) in [6.07, 6.45) is 6.14. The van der Waals surface area contributed by atoms with Crippen LogP contribution < -0.4 is 10.9 Å². The maximum atomic E-state index is 11.7. The zero-order chi connectivity index (χ0) is 11.5. The summed E-state index contributed by atoms with van der Waals surface area (Å²) in [5.74, 6) is 0.586. The molecule has 0 amide bonds. The molecule has 16 heavy (non-hydrogen) atoms. The van der Waals surface area contributed by atoms with E-state index in [0.717, 1.165) is 12.8 Å². The highest BCUT2D eigenvalue weighted by molar-refractivity contribution is 5.25. The van der Waals surface area contributed by atoms with Crippen molar-refractivity contribution < 1.29 is 0 Å². The Labute approximate surface area is 94.9 Å². The summed E-state index contributed by atoms with van der Waals surface area (Å²) in [5.41, 5.74) is 0.366. The number of aryl methyl sites for hydroxylation is 1. The molecule has 0 bridgehead atoms. The number of hydrogen-bond acceptors (Lipinski definition) is 4. The summed E-state index contributed by atoms with van der Waals surface area (Å²) in [6, 6.07) is 0.441. The molecule has 1 aromatic heterocycles. The first-order chi connectivity index (χ1) is 7.68. The average Bonchev–Trinajstić information content (AvgIpc) is 2.31. The average molecular weight is 222 g/mol. The zero-order valence-electron chi connectivity index (χ0n) is 9.86. The number of nitrogens with one attached hydrogen (secondary N) is 1. The summed E-state index contributed by atoms with van der Waals surface area (Å²) in [4.78, 5) is 11.7. The van der Waals surface area contributed by atoms with Gasteiger partial charge in [0.2, 0.25) is 5.95 Å². The molecular formula is C11H18N4O. The molecule has 2 rings (SSSR count). The molecule has 5 nitrogen and oxygen atoms in total. The Balaban J connectivity index is 2.15. The van der Waals surface area contributed by atoms with Gasteiger partial charge in [0.25, 0.3) is 5.56 Å². The fourth-order valence-corrected chi connectivity index (χ4v) is 2.13. The second-order valence-electron chi connectivity index (χ2n) is 4.45. The number of nitrogens with zero attached hydrogens (tertiary/aromatic N) is 3. The van der Waals surface area contributed by atoms with Gasteiger partial charge in [-0.1, -0.05) is 19.3 Å². The van der Waals surface area contributed by atoms with Crippen molar-refractivity contribution >= 4 is 5.95 Å². The lowest BCUT2D eigenvalue weighted by molar-refractivity contribution is 0.458. The summed E-state index contributed by atoms with van der Waals surface area (Å²) < 4.78 is 1.54. The first kappa shape index (κ1) is 11.1. The van der Waals surface area contributed by atoms with Gasteiger partial charge in [-0.3, -0.25) is 9.36 Å². The molecule has 0 spiro atoms. The largest absolute Gasteiger partial charge is 0.352 e. The van der Waals surface area contributed by atoms with Gasteiger partial charge >= 0.3 is 0 Å². The van der Waals surface area contributed by atoms with E-state index in [-0.39, 0.29) is 5.56 Å². The number of hydrogen-bond donors (Lipinski definition) is 1. The van der Waals surface area contributed by atoms with Crippen molar-refractivity contribution in [1.82, 2.24) is 14.8 Å². The van der Waals surface area contributed by atoms with Gasteiger partial charge in [0.15, 0.2) is 0 Å². The molecule has 1 N–H and O–H groups in total. The molecule has 0 aromatic carbocycles. The van der Waals surface area contributed by atoms with Crippen LogP contribution >= 0.6 is 0 Å². The topological polar surface area (TPSA) is 59.8 Å². The number of aromatic nitrogens is 3. The van der Waals surface area contributed by atoms with E-state index in [0.29, 0.717) is 17.7 Å². The number of rotatable bonds is 2. The minimum atomic E-state index is -0.0756. The van der Waals surface area contributed by atoms with Crippen LogP contribution in [0.3, 0.4) is 0 Å². The van der Waals surface area contributed by atoms with Crippen LogP contribution in [0.5, 0.6) is 0 Å². The van der Waals surface area contributed by atoms with Crippen molar-refractivity contribution in [3.8, 4) is 0 Å². The maximum Gasteiger partial charge on any atom is 0.276 e. The lowest BCUT2D eigenvalue weighted by Gasteiger charge is -2.23. The van der Waals surface area contributed by atoms with Crippen molar-refractivity contribution in [2.75, 3.05) is 5.32 Å². The molecule has 1 saturated carbocycles. The van der Waals surface area contributed by atoms with Crippen molar-refractivity contribution in [2.45, 2.75) is 45.1 Å². The summed E-state index contributed by atoms with van der Waals surface area (Å²) in [5, 5.41) is 11.2. The molecular weight excluding hydrogens is 204 g/mol. The molecule has 1 aliphatic carbocycles. The van der Waals surface area contributed by atoms with Gasteiger partial charge < -0.3 is 5.32 Å². The second kappa shape index (κ2) is 4.63. The van der Waals surface area contributed by atoms with Crippen LogP contribution in [0.25, 0.3) is 0 Å². The van der Waals surface area contributed by atoms with Gasteiger partial charge in [-0.05, 0) is 19.8 Å². The Morgan fingerprint density at radius 3 is 2.62 bits per heavy atom. The second-order valence-corrected chi connectivity index (χ2v) is 4.45. The van der Waals surface area contributed by atoms with Crippen molar-refractivity contribution in [1.29, 1.82) is 0 Å². The predicted molar refractivity (Wildman–Crippen MR) is 62.5 cm³/mol. The predicted octanol–water partition coefficient (Wildman–Crippen LogP) is 1.23. The fourth-order valence-electron chi connectivity index (χ4n) is 2.13. The van der Waals surface area contributed by atoms with E-state index in [9.17, 15) is 4.79 Å². The Morgan fingerprint density at radius 2 is 1.94 bits per heavy atom. The van der Waals surface area contributed by atoms with Gasteiger partial charge in [-0.25, -0.2) is 0 Å². The Morgan fingerprint density at radius 1 is 1.25 bits per heavy atom.